The van der Waals surface area contributed by atoms with Crippen LogP contribution in [0.25, 0.3) is 0 Å². The van der Waals surface area contributed by atoms with Crippen molar-refractivity contribution >= 4 is 70.8 Å². The molecule has 19 heteroatoms. The number of nitrogens with zero attached hydrogens (tertiary/aromatic N) is 6. The first-order valence-corrected chi connectivity index (χ1v) is 34.1. The van der Waals surface area contributed by atoms with E-state index in [9.17, 15) is 26.4 Å². The molecular weight excluding hydrogens is 1200 g/mol. The van der Waals surface area contributed by atoms with Crippen LogP contribution >= 0.6 is 15.9 Å². The molecule has 87 heavy (non-hydrogen) atoms. The van der Waals surface area contributed by atoms with E-state index in [2.05, 4.69) is 191 Å². The Morgan fingerprint density at radius 3 is 1.34 bits per heavy atom. The Hall–Kier alpha value is -6.44. The normalized spacial score (nSPS) is 21.9. The third-order valence-corrected chi connectivity index (χ3v) is 20.7. The predicted molar refractivity (Wildman–Crippen MR) is 352 cm³/mol. The smallest absolute Gasteiger partial charge is 0.281 e. The van der Waals surface area contributed by atoms with Crippen LogP contribution in [0.5, 0.6) is 0 Å². The molecule has 16 nitrogen and oxygen atoms in total. The number of carbonyl (C=O) groups is 2. The zero-order chi connectivity index (χ0) is 63.6. The van der Waals surface area contributed by atoms with Gasteiger partial charge in [0.25, 0.3) is 31.9 Å². The second-order valence-electron chi connectivity index (χ2n) is 29.6. The van der Waals surface area contributed by atoms with E-state index in [1.165, 1.54) is 23.3 Å². The molecule has 0 spiro atoms. The summed E-state index contributed by atoms with van der Waals surface area (Å²) >= 11 is 3.67. The van der Waals surface area contributed by atoms with Gasteiger partial charge in [0.15, 0.2) is 10.1 Å². The van der Waals surface area contributed by atoms with Gasteiger partial charge in [-0.05, 0) is 195 Å². The van der Waals surface area contributed by atoms with Gasteiger partial charge in [-0.15, -0.1) is 0 Å². The van der Waals surface area contributed by atoms with Crippen LogP contribution in [0.1, 0.15) is 216 Å². The van der Waals surface area contributed by atoms with Crippen molar-refractivity contribution in [2.75, 3.05) is 33.5 Å². The maximum Gasteiger partial charge on any atom is 0.281 e. The third-order valence-electron chi connectivity index (χ3n) is 17.6. The van der Waals surface area contributed by atoms with Crippen molar-refractivity contribution in [1.82, 2.24) is 29.4 Å². The van der Waals surface area contributed by atoms with Gasteiger partial charge in [0.2, 0.25) is 0 Å². The lowest BCUT2D eigenvalue weighted by atomic mass is 9.85. The number of benzene rings is 2. The number of pyridine rings is 4. The number of fused-ring (bicyclic) bond motifs is 12. The highest BCUT2D eigenvalue weighted by molar-refractivity contribution is 9.10. The second-order valence-corrected chi connectivity index (χ2v) is 33.8. The van der Waals surface area contributed by atoms with Gasteiger partial charge < -0.3 is 20.4 Å². The lowest BCUT2D eigenvalue weighted by Gasteiger charge is -2.36. The summed E-state index contributed by atoms with van der Waals surface area (Å²) in [6.45, 7) is 36.2. The van der Waals surface area contributed by atoms with Crippen LogP contribution in [0.4, 0.5) is 23.0 Å². The highest BCUT2D eigenvalue weighted by Crippen LogP contribution is 2.46. The van der Waals surface area contributed by atoms with Crippen molar-refractivity contribution in [3.8, 4) is 0 Å². The first-order chi connectivity index (χ1) is 40.3. The molecule has 8 heterocycles. The Bertz CT molecular complexity index is 3820. The fraction of sp³-hybridized carbons (Fsp3) is 0.500. The number of sulfonamides is 2. The Balaban J connectivity index is 0.000000208. The van der Waals surface area contributed by atoms with E-state index in [-0.39, 0.29) is 54.9 Å². The van der Waals surface area contributed by atoms with E-state index in [4.69, 9.17) is 9.97 Å². The Morgan fingerprint density at radius 1 is 0.506 bits per heavy atom. The van der Waals surface area contributed by atoms with E-state index in [0.717, 1.165) is 90.0 Å². The van der Waals surface area contributed by atoms with Crippen LogP contribution in [0.3, 0.4) is 0 Å². The maximum atomic E-state index is 13.8. The van der Waals surface area contributed by atoms with Crippen molar-refractivity contribution in [3.63, 3.8) is 0 Å². The number of hydrogen-bond donors (Lipinski definition) is 4. The number of amides is 2. The fourth-order valence-electron chi connectivity index (χ4n) is 12.7. The van der Waals surface area contributed by atoms with E-state index < -0.39 is 31.9 Å². The number of anilines is 4. The first kappa shape index (κ1) is 65.0. The van der Waals surface area contributed by atoms with E-state index in [1.54, 1.807) is 36.4 Å². The molecule has 2 aromatic carbocycles. The monoisotopic (exact) mass is 1280 g/mol. The second kappa shape index (κ2) is 23.8. The average molecular weight is 1290 g/mol. The molecule has 0 saturated carbocycles. The van der Waals surface area contributed by atoms with Crippen molar-refractivity contribution in [2.24, 2.45) is 11.8 Å². The van der Waals surface area contributed by atoms with Gasteiger partial charge in [-0.25, -0.2) is 19.4 Å². The molecule has 2 saturated heterocycles. The lowest BCUT2D eigenvalue weighted by molar-refractivity contribution is 0.0972. The molecule has 4 atom stereocenters. The molecule has 8 bridgehead atoms. The number of rotatable bonds is 2. The van der Waals surface area contributed by atoms with Gasteiger partial charge in [-0.1, -0.05) is 117 Å². The van der Waals surface area contributed by atoms with Crippen molar-refractivity contribution < 1.29 is 26.4 Å². The van der Waals surface area contributed by atoms with Gasteiger partial charge in [0.05, 0.1) is 46.0 Å². The number of nitrogens with one attached hydrogen (secondary N) is 4. The van der Waals surface area contributed by atoms with E-state index in [1.807, 2.05) is 30.6 Å². The molecule has 0 radical (unpaired) electrons. The summed E-state index contributed by atoms with van der Waals surface area (Å²) in [4.78, 5) is 50.5. The van der Waals surface area contributed by atoms with Gasteiger partial charge in [-0.2, -0.15) is 16.8 Å². The Morgan fingerprint density at radius 2 is 0.920 bits per heavy atom. The molecule has 4 aliphatic heterocycles. The molecule has 6 aromatic rings. The minimum atomic E-state index is -4.27. The molecule has 2 fully saturated rings. The van der Waals surface area contributed by atoms with Crippen LogP contribution < -0.4 is 29.9 Å². The van der Waals surface area contributed by atoms with Crippen LogP contribution in [0.15, 0.2) is 118 Å². The lowest BCUT2D eigenvalue weighted by Crippen LogP contribution is -2.40. The van der Waals surface area contributed by atoms with Crippen molar-refractivity contribution in [1.29, 1.82) is 0 Å². The summed E-state index contributed by atoms with van der Waals surface area (Å²) in [6, 6.07) is 27.2. The SMILES string of the molecule is CC(C)(C)c1ccnc(C2CC[C@@H]3CN(c4cc(C(C)(C)C)c(Br)cc4C(=O)NS(=O)(=O)c4cccc(n4)N2)C(C)(C)C3)c1.CC(C)(C)c1ccnc(C2CC[C@@H]3CN(c4cc(C(C)(C)C)ccc4C(=O)NS(=O)(=O)c4cccc(n4)N2)C(C)(C)C3)c1. The summed E-state index contributed by atoms with van der Waals surface area (Å²) in [6.07, 6.45) is 9.00. The van der Waals surface area contributed by atoms with Crippen LogP contribution in [-0.4, -0.2) is 72.8 Å². The molecular formula is C68H89BrN10O6S2. The summed E-state index contributed by atoms with van der Waals surface area (Å²) in [5.41, 5.74) is 7.52. The molecule has 4 aromatic heterocycles. The maximum absolute atomic E-state index is 13.8. The minimum Gasteiger partial charge on any atom is -0.365 e. The number of halogens is 1. The number of hydrogen-bond acceptors (Lipinski definition) is 14. The molecule has 0 aliphatic carbocycles. The predicted octanol–water partition coefficient (Wildman–Crippen LogP) is 14.2. The molecule has 2 unspecified atom stereocenters. The standard InChI is InChI=1S/C34H44BrN5O3S.C34H45N5O3S/c1-32(2,3)22-14-15-36-27(16-22)26-13-12-21-19-34(7,8)40(20-21)28-18-24(33(4,5)6)25(35)17-23(28)31(41)39-44(42,43)30-11-9-10-29(37-26)38-30;1-32(2,3)23-13-14-25-28(19-23)39-21-22(20-34(39,7)8)12-15-26(27-18-24(16-17-35-27)33(4,5)6)36-29-10-9-11-30(37-29)43(41,42)38-31(25)40/h9-11,14-18,21,26H,12-13,19-20H2,1-8H3,(H,37,38)(H,39,41);9-11,13-14,16-19,22,26H,12,15,20-21H2,1-8H3,(H,36,37)(H,38,40)/t21-,26?;22-,26?/m00/s1. The Kier molecular flexibility index (Phi) is 17.8. The fourth-order valence-corrected chi connectivity index (χ4v) is 15.5. The van der Waals surface area contributed by atoms with Crippen molar-refractivity contribution in [2.45, 2.75) is 204 Å². The topological polar surface area (TPSA) is 209 Å². The summed E-state index contributed by atoms with van der Waals surface area (Å²) in [7, 11) is -8.52. The van der Waals surface area contributed by atoms with Crippen LogP contribution in [-0.2, 0) is 41.7 Å². The molecule has 466 valence electrons. The highest BCUT2D eigenvalue weighted by atomic mass is 79.9. The largest absolute Gasteiger partial charge is 0.365 e. The average Bonchev–Trinajstić information content (AvgIpc) is 1.82. The van der Waals surface area contributed by atoms with Gasteiger partial charge in [-0.3, -0.25) is 19.6 Å². The van der Waals surface area contributed by atoms with Crippen LogP contribution in [0.2, 0.25) is 0 Å². The van der Waals surface area contributed by atoms with E-state index in [0.29, 0.717) is 34.6 Å². The van der Waals surface area contributed by atoms with Crippen molar-refractivity contribution in [3.05, 3.63) is 153 Å². The highest BCUT2D eigenvalue weighted by Gasteiger charge is 2.43. The van der Waals surface area contributed by atoms with Crippen LogP contribution in [0, 0.1) is 11.8 Å². The summed E-state index contributed by atoms with van der Waals surface area (Å²) in [5.74, 6) is 0.205. The summed E-state index contributed by atoms with van der Waals surface area (Å²) in [5, 5.41) is 6.53. The zero-order valence-electron chi connectivity index (χ0n) is 53.6. The van der Waals surface area contributed by atoms with Gasteiger partial charge in [0, 0.05) is 41.0 Å². The zero-order valence-corrected chi connectivity index (χ0v) is 56.8. The molecule has 10 rings (SSSR count). The summed E-state index contributed by atoms with van der Waals surface area (Å²) < 4.78 is 59.5. The minimum absolute atomic E-state index is 0.0444. The van der Waals surface area contributed by atoms with Gasteiger partial charge in [0.1, 0.15) is 11.6 Å². The quantitative estimate of drug-likeness (QED) is 0.127. The third kappa shape index (κ3) is 14.7. The van der Waals surface area contributed by atoms with E-state index >= 15 is 0 Å². The Labute approximate surface area is 525 Å². The number of aromatic nitrogens is 4. The number of carbonyl (C=O) groups excluding carboxylic acids is 2. The molecule has 4 N–H and O–H groups in total. The molecule has 2 amide bonds. The van der Waals surface area contributed by atoms with Gasteiger partial charge >= 0.3 is 0 Å². The first-order valence-electron chi connectivity index (χ1n) is 30.4. The molecule has 4 aliphatic rings.